The standard InChI is InChI=1S/C15H13ClFNO2/c1-20-14-7-6-11(16)8-12(14)15(19)18-9-10-4-2-3-5-13(10)17/h2-8H,9H2,1H3,(H,18,19). The van der Waals surface area contributed by atoms with Gasteiger partial charge in [0.05, 0.1) is 12.7 Å². The molecule has 0 heterocycles. The SMILES string of the molecule is COc1ccc(Cl)cc1C(=O)NCc1ccccc1F. The van der Waals surface area contributed by atoms with Crippen LogP contribution in [-0.2, 0) is 6.54 Å². The Morgan fingerprint density at radius 2 is 2.05 bits per heavy atom. The quantitative estimate of drug-likeness (QED) is 0.938. The lowest BCUT2D eigenvalue weighted by Crippen LogP contribution is -2.23. The first kappa shape index (κ1) is 14.3. The molecule has 2 rings (SSSR count). The molecule has 3 nitrogen and oxygen atoms in total. The van der Waals surface area contributed by atoms with Crippen LogP contribution in [0, 0.1) is 5.82 Å². The van der Waals surface area contributed by atoms with Gasteiger partial charge in [-0.05, 0) is 24.3 Å². The van der Waals surface area contributed by atoms with Gasteiger partial charge in [-0.15, -0.1) is 0 Å². The van der Waals surface area contributed by atoms with Gasteiger partial charge in [0.1, 0.15) is 11.6 Å². The Bertz CT molecular complexity index is 631. The molecule has 5 heteroatoms. The van der Waals surface area contributed by atoms with Crippen molar-refractivity contribution in [3.63, 3.8) is 0 Å². The third kappa shape index (κ3) is 3.27. The molecule has 104 valence electrons. The number of ether oxygens (including phenoxy) is 1. The van der Waals surface area contributed by atoms with Crippen LogP contribution in [0.4, 0.5) is 4.39 Å². The highest BCUT2D eigenvalue weighted by Crippen LogP contribution is 2.22. The maximum absolute atomic E-state index is 13.5. The first-order valence-corrected chi connectivity index (χ1v) is 6.34. The summed E-state index contributed by atoms with van der Waals surface area (Å²) in [7, 11) is 1.47. The average molecular weight is 294 g/mol. The van der Waals surface area contributed by atoms with Gasteiger partial charge in [-0.1, -0.05) is 29.8 Å². The molecule has 0 aromatic heterocycles. The average Bonchev–Trinajstić information content (AvgIpc) is 2.46. The lowest BCUT2D eigenvalue weighted by Gasteiger charge is -2.10. The lowest BCUT2D eigenvalue weighted by atomic mass is 10.1. The molecule has 20 heavy (non-hydrogen) atoms. The van der Waals surface area contributed by atoms with Crippen LogP contribution in [0.3, 0.4) is 0 Å². The Morgan fingerprint density at radius 3 is 2.75 bits per heavy atom. The number of amides is 1. The number of carbonyl (C=O) groups excluding carboxylic acids is 1. The van der Waals surface area contributed by atoms with Crippen LogP contribution in [0.25, 0.3) is 0 Å². The molecule has 0 fully saturated rings. The molecule has 0 bridgehead atoms. The fourth-order valence-corrected chi connectivity index (χ4v) is 1.94. The second-order valence-corrected chi connectivity index (χ2v) is 4.56. The highest BCUT2D eigenvalue weighted by molar-refractivity contribution is 6.31. The van der Waals surface area contributed by atoms with E-state index in [9.17, 15) is 9.18 Å². The summed E-state index contributed by atoms with van der Waals surface area (Å²) < 4.78 is 18.6. The highest BCUT2D eigenvalue weighted by Gasteiger charge is 2.13. The molecule has 0 unspecified atom stereocenters. The predicted molar refractivity (Wildman–Crippen MR) is 75.6 cm³/mol. The zero-order valence-corrected chi connectivity index (χ0v) is 11.6. The predicted octanol–water partition coefficient (Wildman–Crippen LogP) is 3.42. The fraction of sp³-hybridized carbons (Fsp3) is 0.133. The van der Waals surface area contributed by atoms with E-state index in [1.165, 1.54) is 19.2 Å². The van der Waals surface area contributed by atoms with Gasteiger partial charge in [0, 0.05) is 17.1 Å². The van der Waals surface area contributed by atoms with Crippen molar-refractivity contribution < 1.29 is 13.9 Å². The molecule has 0 aliphatic rings. The normalized spacial score (nSPS) is 10.2. The number of benzene rings is 2. The molecule has 1 N–H and O–H groups in total. The summed E-state index contributed by atoms with van der Waals surface area (Å²) in [5.41, 5.74) is 0.734. The molecule has 1 amide bonds. The Hall–Kier alpha value is -2.07. The van der Waals surface area contributed by atoms with E-state index in [1.807, 2.05) is 0 Å². The molecule has 0 saturated heterocycles. The molecule has 2 aromatic carbocycles. The number of rotatable bonds is 4. The van der Waals surface area contributed by atoms with Crippen molar-refractivity contribution in [2.75, 3.05) is 7.11 Å². The molecular weight excluding hydrogens is 281 g/mol. The number of carbonyl (C=O) groups is 1. The summed E-state index contributed by atoms with van der Waals surface area (Å²) in [6, 6.07) is 11.0. The van der Waals surface area contributed by atoms with E-state index in [-0.39, 0.29) is 18.3 Å². The topological polar surface area (TPSA) is 38.3 Å². The van der Waals surface area contributed by atoms with E-state index in [0.717, 1.165) is 0 Å². The number of hydrogen-bond donors (Lipinski definition) is 1. The highest BCUT2D eigenvalue weighted by atomic mass is 35.5. The molecule has 0 spiro atoms. The lowest BCUT2D eigenvalue weighted by molar-refractivity contribution is 0.0947. The number of methoxy groups -OCH3 is 1. The van der Waals surface area contributed by atoms with Gasteiger partial charge < -0.3 is 10.1 Å². The number of halogens is 2. The third-order valence-electron chi connectivity index (χ3n) is 2.80. The Labute approximate surface area is 121 Å². The van der Waals surface area contributed by atoms with Gasteiger partial charge >= 0.3 is 0 Å². The summed E-state index contributed by atoms with van der Waals surface area (Å²) in [6.07, 6.45) is 0. The summed E-state index contributed by atoms with van der Waals surface area (Å²) >= 11 is 5.86. The zero-order valence-electron chi connectivity index (χ0n) is 10.8. The van der Waals surface area contributed by atoms with Crippen LogP contribution >= 0.6 is 11.6 Å². The van der Waals surface area contributed by atoms with E-state index in [2.05, 4.69) is 5.32 Å². The van der Waals surface area contributed by atoms with Crippen LogP contribution < -0.4 is 10.1 Å². The smallest absolute Gasteiger partial charge is 0.255 e. The van der Waals surface area contributed by atoms with Crippen LogP contribution in [-0.4, -0.2) is 13.0 Å². The molecule has 2 aromatic rings. The minimum Gasteiger partial charge on any atom is -0.496 e. The Balaban J connectivity index is 2.13. The van der Waals surface area contributed by atoms with Crippen LogP contribution in [0.1, 0.15) is 15.9 Å². The van der Waals surface area contributed by atoms with E-state index in [4.69, 9.17) is 16.3 Å². The van der Waals surface area contributed by atoms with E-state index in [1.54, 1.807) is 30.3 Å². The number of hydrogen-bond acceptors (Lipinski definition) is 2. The first-order chi connectivity index (χ1) is 9.61. The van der Waals surface area contributed by atoms with Crippen molar-refractivity contribution in [1.82, 2.24) is 5.32 Å². The summed E-state index contributed by atoms with van der Waals surface area (Å²) in [5, 5.41) is 3.07. The van der Waals surface area contributed by atoms with E-state index >= 15 is 0 Å². The van der Waals surface area contributed by atoms with Crippen LogP contribution in [0.5, 0.6) is 5.75 Å². The second kappa shape index (κ2) is 6.39. The van der Waals surface area contributed by atoms with Crippen molar-refractivity contribution >= 4 is 17.5 Å². The van der Waals surface area contributed by atoms with Gasteiger partial charge in [0.25, 0.3) is 5.91 Å². The van der Waals surface area contributed by atoms with E-state index in [0.29, 0.717) is 21.9 Å². The maximum atomic E-state index is 13.5. The second-order valence-electron chi connectivity index (χ2n) is 4.12. The van der Waals surface area contributed by atoms with Gasteiger partial charge in [-0.3, -0.25) is 4.79 Å². The van der Waals surface area contributed by atoms with Gasteiger partial charge in [-0.25, -0.2) is 4.39 Å². The van der Waals surface area contributed by atoms with Gasteiger partial charge in [-0.2, -0.15) is 0 Å². The van der Waals surface area contributed by atoms with Crippen LogP contribution in [0.15, 0.2) is 42.5 Å². The summed E-state index contributed by atoms with van der Waals surface area (Å²) in [6.45, 7) is 0.0984. The van der Waals surface area contributed by atoms with Gasteiger partial charge in [0.2, 0.25) is 0 Å². The summed E-state index contributed by atoms with van der Waals surface area (Å²) in [4.78, 5) is 12.1. The molecular formula is C15H13ClFNO2. The molecule has 0 aliphatic carbocycles. The maximum Gasteiger partial charge on any atom is 0.255 e. The minimum atomic E-state index is -0.368. The monoisotopic (exact) mass is 293 g/mol. The fourth-order valence-electron chi connectivity index (χ4n) is 1.77. The Morgan fingerprint density at radius 1 is 1.30 bits per heavy atom. The number of nitrogens with one attached hydrogen (secondary N) is 1. The summed E-state index contributed by atoms with van der Waals surface area (Å²) in [5.74, 6) is -0.307. The van der Waals surface area contributed by atoms with Crippen molar-refractivity contribution in [3.8, 4) is 5.75 Å². The molecule has 0 saturated carbocycles. The molecule has 0 atom stereocenters. The first-order valence-electron chi connectivity index (χ1n) is 5.97. The Kier molecular flexibility index (Phi) is 4.58. The van der Waals surface area contributed by atoms with Crippen LogP contribution in [0.2, 0.25) is 5.02 Å². The van der Waals surface area contributed by atoms with Crippen molar-refractivity contribution in [3.05, 3.63) is 64.4 Å². The van der Waals surface area contributed by atoms with Crippen molar-refractivity contribution in [2.24, 2.45) is 0 Å². The van der Waals surface area contributed by atoms with Crippen molar-refractivity contribution in [2.45, 2.75) is 6.54 Å². The molecule has 0 aliphatic heterocycles. The largest absolute Gasteiger partial charge is 0.496 e. The molecule has 0 radical (unpaired) electrons. The minimum absolute atomic E-state index is 0.0984. The zero-order chi connectivity index (χ0) is 14.5. The van der Waals surface area contributed by atoms with Crippen molar-refractivity contribution in [1.29, 1.82) is 0 Å². The van der Waals surface area contributed by atoms with Gasteiger partial charge in [0.15, 0.2) is 0 Å². The van der Waals surface area contributed by atoms with E-state index < -0.39 is 0 Å². The third-order valence-corrected chi connectivity index (χ3v) is 3.04.